The quantitative estimate of drug-likeness (QED) is 0.442. The van der Waals surface area contributed by atoms with Crippen molar-refractivity contribution in [2.45, 2.75) is 76.0 Å². The maximum atomic E-state index is 13.3. The minimum absolute atomic E-state index is 0.0685. The van der Waals surface area contributed by atoms with E-state index in [9.17, 15) is 9.59 Å². The Labute approximate surface area is 199 Å². The van der Waals surface area contributed by atoms with Gasteiger partial charge in [-0.3, -0.25) is 9.59 Å². The first-order valence-corrected chi connectivity index (χ1v) is 13.0. The molecule has 3 N–H and O–H groups in total. The van der Waals surface area contributed by atoms with Crippen LogP contribution in [0.3, 0.4) is 0 Å². The molecule has 0 radical (unpaired) electrons. The minimum Gasteiger partial charge on any atom is -0.474 e. The second kappa shape index (κ2) is 9.86. The number of nitrogens with one attached hydrogen (secondary N) is 2. The minimum atomic E-state index is -0.837. The molecule has 4 aliphatic carbocycles. The molecule has 0 aliphatic heterocycles. The number of ether oxygens (including phenoxy) is 1. The number of hydrogen-bond donors (Lipinski definition) is 3. The Balaban J connectivity index is 1.45. The van der Waals surface area contributed by atoms with Crippen molar-refractivity contribution in [1.82, 2.24) is 15.8 Å². The first-order chi connectivity index (χ1) is 15.7. The van der Waals surface area contributed by atoms with Gasteiger partial charge in [-0.05, 0) is 74.8 Å². The Kier molecular flexibility index (Phi) is 7.29. The van der Waals surface area contributed by atoms with Crippen LogP contribution in [-0.2, 0) is 4.79 Å². The molecule has 1 aromatic heterocycles. The Morgan fingerprint density at radius 2 is 1.82 bits per heavy atom. The summed E-state index contributed by atoms with van der Waals surface area (Å²) in [5, 5.41) is 19.1. The van der Waals surface area contributed by atoms with Crippen molar-refractivity contribution < 1.29 is 24.0 Å². The Morgan fingerprint density at radius 3 is 2.39 bits per heavy atom. The molecule has 0 atom stereocenters. The molecule has 0 aromatic carbocycles. The molecule has 9 heteroatoms. The van der Waals surface area contributed by atoms with Crippen molar-refractivity contribution in [1.29, 1.82) is 0 Å². The SMILES string of the molecule is CC(C)Sc1c(OCC(C)(C)C(=O)NCCO)noc1C(=O)NC1C2CC3CC(C2)CC1C3. The normalized spacial score (nSPS) is 28.2. The molecule has 4 saturated carbocycles. The molecule has 184 valence electrons. The van der Waals surface area contributed by atoms with Crippen LogP contribution in [0.4, 0.5) is 0 Å². The highest BCUT2D eigenvalue weighted by Gasteiger charge is 2.49. The van der Waals surface area contributed by atoms with Gasteiger partial charge in [-0.15, -0.1) is 11.8 Å². The van der Waals surface area contributed by atoms with Crippen molar-refractivity contribution in [2.75, 3.05) is 19.8 Å². The molecule has 4 fully saturated rings. The van der Waals surface area contributed by atoms with E-state index in [0.717, 1.165) is 11.8 Å². The van der Waals surface area contributed by atoms with Crippen LogP contribution in [0.15, 0.2) is 9.42 Å². The molecule has 0 unspecified atom stereocenters. The number of aliphatic hydroxyl groups is 1. The third-order valence-corrected chi connectivity index (χ3v) is 8.35. The molecule has 33 heavy (non-hydrogen) atoms. The summed E-state index contributed by atoms with van der Waals surface area (Å²) in [7, 11) is 0. The van der Waals surface area contributed by atoms with E-state index in [1.807, 2.05) is 13.8 Å². The van der Waals surface area contributed by atoms with Crippen molar-refractivity contribution in [3.8, 4) is 5.88 Å². The molecule has 0 saturated heterocycles. The fourth-order valence-electron chi connectivity index (χ4n) is 5.94. The van der Waals surface area contributed by atoms with E-state index in [1.54, 1.807) is 13.8 Å². The Bertz CT molecular complexity index is 840. The van der Waals surface area contributed by atoms with Crippen LogP contribution in [0, 0.1) is 29.1 Å². The number of hydrogen-bond acceptors (Lipinski definition) is 7. The number of aliphatic hydroxyl groups excluding tert-OH is 1. The summed E-state index contributed by atoms with van der Waals surface area (Å²) < 4.78 is 11.4. The number of aromatic nitrogens is 1. The van der Waals surface area contributed by atoms with Gasteiger partial charge in [0.2, 0.25) is 11.7 Å². The zero-order valence-electron chi connectivity index (χ0n) is 20.1. The lowest BCUT2D eigenvalue weighted by Gasteiger charge is -2.54. The van der Waals surface area contributed by atoms with Crippen molar-refractivity contribution in [2.24, 2.45) is 29.1 Å². The zero-order valence-corrected chi connectivity index (χ0v) is 20.9. The monoisotopic (exact) mass is 479 g/mol. The van der Waals surface area contributed by atoms with Crippen molar-refractivity contribution in [3.05, 3.63) is 5.76 Å². The van der Waals surface area contributed by atoms with Gasteiger partial charge in [0.05, 0.1) is 12.0 Å². The van der Waals surface area contributed by atoms with Gasteiger partial charge in [-0.2, -0.15) is 0 Å². The summed E-state index contributed by atoms with van der Waals surface area (Å²) in [6.07, 6.45) is 6.28. The highest BCUT2D eigenvalue weighted by atomic mass is 32.2. The lowest BCUT2D eigenvalue weighted by molar-refractivity contribution is -0.131. The third-order valence-electron chi connectivity index (χ3n) is 7.29. The van der Waals surface area contributed by atoms with Crippen LogP contribution < -0.4 is 15.4 Å². The molecule has 5 rings (SSSR count). The van der Waals surface area contributed by atoms with Crippen LogP contribution in [0.2, 0.25) is 0 Å². The second-order valence-electron chi connectivity index (χ2n) is 10.9. The van der Waals surface area contributed by atoms with Gasteiger partial charge in [0, 0.05) is 17.8 Å². The fourth-order valence-corrected chi connectivity index (χ4v) is 6.85. The number of carbonyl (C=O) groups is 2. The molecular weight excluding hydrogens is 442 g/mol. The van der Waals surface area contributed by atoms with E-state index >= 15 is 0 Å². The summed E-state index contributed by atoms with van der Waals surface area (Å²) in [6.45, 7) is 7.73. The topological polar surface area (TPSA) is 114 Å². The fraction of sp³-hybridized carbons (Fsp3) is 0.792. The molecule has 1 aromatic rings. The summed E-state index contributed by atoms with van der Waals surface area (Å²) >= 11 is 1.47. The van der Waals surface area contributed by atoms with Gasteiger partial charge >= 0.3 is 0 Å². The third kappa shape index (κ3) is 5.34. The number of amides is 2. The molecule has 2 amide bonds. The van der Waals surface area contributed by atoms with E-state index in [1.165, 1.54) is 43.9 Å². The zero-order chi connectivity index (χ0) is 23.8. The average Bonchev–Trinajstić information content (AvgIpc) is 3.14. The smallest absolute Gasteiger partial charge is 0.291 e. The highest BCUT2D eigenvalue weighted by molar-refractivity contribution is 8.00. The van der Waals surface area contributed by atoms with E-state index < -0.39 is 5.41 Å². The van der Waals surface area contributed by atoms with Crippen LogP contribution in [0.25, 0.3) is 0 Å². The van der Waals surface area contributed by atoms with E-state index in [2.05, 4.69) is 15.8 Å². The van der Waals surface area contributed by atoms with Crippen LogP contribution in [0.5, 0.6) is 5.88 Å². The number of nitrogens with zero attached hydrogens (tertiary/aromatic N) is 1. The first kappa shape index (κ1) is 24.4. The first-order valence-electron chi connectivity index (χ1n) is 12.2. The predicted octanol–water partition coefficient (Wildman–Crippen LogP) is 3.24. The largest absolute Gasteiger partial charge is 0.474 e. The standard InChI is InChI=1S/C24H37N3O5S/c1-13(2)33-20-19(32-27-22(20)31-12-24(3,4)23(30)25-5-6-28)21(29)26-18-16-8-14-7-15(10-16)11-17(18)9-14/h13-18,28H,5-12H2,1-4H3,(H,25,30)(H,26,29). The summed E-state index contributed by atoms with van der Waals surface area (Å²) in [5.74, 6) is 2.82. The van der Waals surface area contributed by atoms with E-state index in [0.29, 0.717) is 16.7 Å². The molecular formula is C24H37N3O5S. The molecule has 0 spiro atoms. The highest BCUT2D eigenvalue weighted by Crippen LogP contribution is 2.53. The number of rotatable bonds is 10. The second-order valence-corrected chi connectivity index (χ2v) is 12.5. The van der Waals surface area contributed by atoms with Crippen LogP contribution in [-0.4, -0.2) is 53.1 Å². The Morgan fingerprint density at radius 1 is 1.18 bits per heavy atom. The maximum absolute atomic E-state index is 13.3. The Hall–Kier alpha value is -1.74. The van der Waals surface area contributed by atoms with Crippen LogP contribution in [0.1, 0.15) is 70.4 Å². The van der Waals surface area contributed by atoms with Gasteiger partial charge in [0.25, 0.3) is 11.8 Å². The van der Waals surface area contributed by atoms with Crippen molar-refractivity contribution in [3.63, 3.8) is 0 Å². The molecule has 4 aliphatic rings. The molecule has 8 nitrogen and oxygen atoms in total. The predicted molar refractivity (Wildman–Crippen MR) is 125 cm³/mol. The van der Waals surface area contributed by atoms with Crippen molar-refractivity contribution >= 4 is 23.6 Å². The maximum Gasteiger partial charge on any atom is 0.291 e. The van der Waals surface area contributed by atoms with Gasteiger partial charge in [0.15, 0.2) is 0 Å². The van der Waals surface area contributed by atoms with E-state index in [-0.39, 0.29) is 54.5 Å². The van der Waals surface area contributed by atoms with Gasteiger partial charge in [-0.25, -0.2) is 0 Å². The average molecular weight is 480 g/mol. The van der Waals surface area contributed by atoms with E-state index in [4.69, 9.17) is 14.4 Å². The van der Waals surface area contributed by atoms with Gasteiger partial charge in [-0.1, -0.05) is 13.8 Å². The lowest BCUT2D eigenvalue weighted by Crippen LogP contribution is -2.55. The molecule has 4 bridgehead atoms. The lowest BCUT2D eigenvalue weighted by atomic mass is 9.54. The van der Waals surface area contributed by atoms with Gasteiger partial charge < -0.3 is 25.0 Å². The number of thioether (sulfide) groups is 1. The summed E-state index contributed by atoms with van der Waals surface area (Å²) in [4.78, 5) is 26.2. The number of carbonyl (C=O) groups excluding carboxylic acids is 2. The summed E-state index contributed by atoms with van der Waals surface area (Å²) in [5.41, 5.74) is -0.837. The van der Waals surface area contributed by atoms with Crippen LogP contribution >= 0.6 is 11.8 Å². The van der Waals surface area contributed by atoms with Gasteiger partial charge in [0.1, 0.15) is 11.5 Å². The molecule has 1 heterocycles. The summed E-state index contributed by atoms with van der Waals surface area (Å²) in [6, 6.07) is 0.214.